The number of hydrogen-bond donors (Lipinski definition) is 1. The van der Waals surface area contributed by atoms with Gasteiger partial charge in [-0.05, 0) is 29.8 Å². The molecular weight excluding hydrogens is 356 g/mol. The number of fused-ring (bicyclic) bond motifs is 1. The van der Waals surface area contributed by atoms with E-state index in [9.17, 15) is 9.59 Å². The summed E-state index contributed by atoms with van der Waals surface area (Å²) in [6.45, 7) is 0. The lowest BCUT2D eigenvalue weighted by atomic mass is 9.99. The molecule has 0 aliphatic heterocycles. The summed E-state index contributed by atoms with van der Waals surface area (Å²) in [6, 6.07) is 19.1. The van der Waals surface area contributed by atoms with Gasteiger partial charge in [-0.2, -0.15) is 0 Å². The van der Waals surface area contributed by atoms with Crippen LogP contribution >= 0.6 is 0 Å². The smallest absolute Gasteiger partial charge is 0.335 e. The van der Waals surface area contributed by atoms with E-state index >= 15 is 0 Å². The number of nitrogens with zero attached hydrogens (tertiary/aromatic N) is 2. The molecule has 0 aliphatic carbocycles. The summed E-state index contributed by atoms with van der Waals surface area (Å²) in [7, 11) is 1.53. The van der Waals surface area contributed by atoms with Crippen molar-refractivity contribution in [2.45, 2.75) is 0 Å². The van der Waals surface area contributed by atoms with Crippen LogP contribution in [0.25, 0.3) is 28.0 Å². The van der Waals surface area contributed by atoms with Crippen molar-refractivity contribution in [3.05, 3.63) is 88.8 Å². The Morgan fingerprint density at radius 2 is 1.68 bits per heavy atom. The maximum atomic E-state index is 13.4. The van der Waals surface area contributed by atoms with Gasteiger partial charge in [-0.25, -0.2) is 9.78 Å². The summed E-state index contributed by atoms with van der Waals surface area (Å²) < 4.78 is 6.66. The Morgan fingerprint density at radius 3 is 2.32 bits per heavy atom. The molecule has 0 amide bonds. The van der Waals surface area contributed by atoms with E-state index in [1.807, 2.05) is 30.3 Å². The van der Waals surface area contributed by atoms with Gasteiger partial charge in [-0.3, -0.25) is 9.20 Å². The van der Waals surface area contributed by atoms with Crippen LogP contribution in [0.2, 0.25) is 0 Å². The molecule has 4 aromatic rings. The third-order valence-corrected chi connectivity index (χ3v) is 4.50. The first-order valence-corrected chi connectivity index (χ1v) is 8.58. The highest BCUT2D eigenvalue weighted by Gasteiger charge is 2.17. The molecule has 2 heterocycles. The Kier molecular flexibility index (Phi) is 4.37. The minimum Gasteiger partial charge on any atom is -0.495 e. The van der Waals surface area contributed by atoms with E-state index in [0.29, 0.717) is 28.2 Å². The molecule has 0 fully saturated rings. The Balaban J connectivity index is 2.04. The van der Waals surface area contributed by atoms with Crippen LogP contribution in [0, 0.1) is 0 Å². The molecule has 6 nitrogen and oxygen atoms in total. The molecule has 0 aliphatic rings. The van der Waals surface area contributed by atoms with Crippen LogP contribution in [0.3, 0.4) is 0 Å². The van der Waals surface area contributed by atoms with Crippen LogP contribution in [0.4, 0.5) is 0 Å². The lowest BCUT2D eigenvalue weighted by molar-refractivity contribution is 0.0697. The number of pyridine rings is 1. The van der Waals surface area contributed by atoms with Gasteiger partial charge in [-0.15, -0.1) is 0 Å². The van der Waals surface area contributed by atoms with Crippen molar-refractivity contribution in [2.24, 2.45) is 0 Å². The van der Waals surface area contributed by atoms with Crippen LogP contribution in [-0.4, -0.2) is 27.6 Å². The molecule has 138 valence electrons. The number of benzene rings is 2. The Labute approximate surface area is 160 Å². The number of carboxylic acid groups (broad SMARTS) is 1. The quantitative estimate of drug-likeness (QED) is 0.590. The second kappa shape index (κ2) is 7.00. The molecule has 1 N–H and O–H groups in total. The van der Waals surface area contributed by atoms with Crippen molar-refractivity contribution in [3.8, 4) is 28.1 Å². The highest BCUT2D eigenvalue weighted by Crippen LogP contribution is 2.29. The van der Waals surface area contributed by atoms with Crippen LogP contribution < -0.4 is 10.3 Å². The summed E-state index contributed by atoms with van der Waals surface area (Å²) in [5.74, 6) is -0.482. The average Bonchev–Trinajstić information content (AvgIpc) is 2.74. The SMILES string of the molecule is COc1ccc2nc(-c3ccccc3)c(-c3ccc(C(=O)O)cc3)c(=O)n2c1. The maximum Gasteiger partial charge on any atom is 0.335 e. The van der Waals surface area contributed by atoms with Crippen molar-refractivity contribution in [1.82, 2.24) is 9.38 Å². The van der Waals surface area contributed by atoms with Crippen molar-refractivity contribution < 1.29 is 14.6 Å². The Bertz CT molecular complexity index is 1230. The number of methoxy groups -OCH3 is 1. The van der Waals surface area contributed by atoms with E-state index in [2.05, 4.69) is 0 Å². The minimum absolute atomic E-state index is 0.153. The number of ether oxygens (including phenoxy) is 1. The van der Waals surface area contributed by atoms with E-state index in [1.54, 1.807) is 30.5 Å². The number of rotatable bonds is 4. The van der Waals surface area contributed by atoms with E-state index in [-0.39, 0.29) is 11.1 Å². The maximum absolute atomic E-state index is 13.4. The minimum atomic E-state index is -1.02. The van der Waals surface area contributed by atoms with E-state index < -0.39 is 5.97 Å². The van der Waals surface area contributed by atoms with Crippen molar-refractivity contribution in [2.75, 3.05) is 7.11 Å². The first kappa shape index (κ1) is 17.5. The molecule has 0 bridgehead atoms. The molecular formula is C22H16N2O4. The van der Waals surface area contributed by atoms with Crippen LogP contribution in [0.15, 0.2) is 77.7 Å². The fraction of sp³-hybridized carbons (Fsp3) is 0.0455. The van der Waals surface area contributed by atoms with Crippen molar-refractivity contribution in [1.29, 1.82) is 0 Å². The topological polar surface area (TPSA) is 80.9 Å². The molecule has 2 aromatic carbocycles. The van der Waals surface area contributed by atoms with Gasteiger partial charge in [0.05, 0.1) is 30.1 Å². The fourth-order valence-electron chi connectivity index (χ4n) is 3.08. The summed E-state index contributed by atoms with van der Waals surface area (Å²) in [4.78, 5) is 29.2. The van der Waals surface area contributed by atoms with Crippen molar-refractivity contribution >= 4 is 11.6 Å². The highest BCUT2D eigenvalue weighted by molar-refractivity contribution is 5.89. The molecule has 0 atom stereocenters. The van der Waals surface area contributed by atoms with Gasteiger partial charge in [0.25, 0.3) is 5.56 Å². The molecule has 2 aromatic heterocycles. The second-order valence-electron chi connectivity index (χ2n) is 6.19. The monoisotopic (exact) mass is 372 g/mol. The molecule has 4 rings (SSSR count). The van der Waals surface area contributed by atoms with Gasteiger partial charge in [-0.1, -0.05) is 42.5 Å². The van der Waals surface area contributed by atoms with Crippen LogP contribution in [-0.2, 0) is 0 Å². The van der Waals surface area contributed by atoms with Gasteiger partial charge >= 0.3 is 5.97 Å². The summed E-state index contributed by atoms with van der Waals surface area (Å²) in [5.41, 5.74) is 2.73. The summed E-state index contributed by atoms with van der Waals surface area (Å²) in [5, 5.41) is 9.14. The number of carbonyl (C=O) groups is 1. The second-order valence-corrected chi connectivity index (χ2v) is 6.19. The third kappa shape index (κ3) is 3.01. The molecule has 28 heavy (non-hydrogen) atoms. The normalized spacial score (nSPS) is 10.8. The first-order chi connectivity index (χ1) is 13.6. The predicted molar refractivity (Wildman–Crippen MR) is 106 cm³/mol. The summed E-state index contributed by atoms with van der Waals surface area (Å²) in [6.07, 6.45) is 1.59. The van der Waals surface area contributed by atoms with Crippen LogP contribution in [0.1, 0.15) is 10.4 Å². The zero-order valence-electron chi connectivity index (χ0n) is 15.0. The molecule has 0 radical (unpaired) electrons. The number of aromatic nitrogens is 2. The van der Waals surface area contributed by atoms with Crippen molar-refractivity contribution in [3.63, 3.8) is 0 Å². The third-order valence-electron chi connectivity index (χ3n) is 4.50. The van der Waals surface area contributed by atoms with Crippen LogP contribution in [0.5, 0.6) is 5.75 Å². The first-order valence-electron chi connectivity index (χ1n) is 8.58. The fourth-order valence-corrected chi connectivity index (χ4v) is 3.08. The van der Waals surface area contributed by atoms with Gasteiger partial charge in [0, 0.05) is 5.56 Å². The van der Waals surface area contributed by atoms with Gasteiger partial charge < -0.3 is 9.84 Å². The molecule has 0 spiro atoms. The van der Waals surface area contributed by atoms with E-state index in [1.165, 1.54) is 23.6 Å². The molecule has 0 unspecified atom stereocenters. The van der Waals surface area contributed by atoms with Gasteiger partial charge in [0.15, 0.2) is 0 Å². The molecule has 6 heteroatoms. The molecule has 0 saturated heterocycles. The number of hydrogen-bond acceptors (Lipinski definition) is 4. The largest absolute Gasteiger partial charge is 0.495 e. The lowest BCUT2D eigenvalue weighted by Crippen LogP contribution is -2.18. The zero-order valence-corrected chi connectivity index (χ0v) is 15.0. The highest BCUT2D eigenvalue weighted by atomic mass is 16.5. The van der Waals surface area contributed by atoms with E-state index in [0.717, 1.165) is 5.56 Å². The predicted octanol–water partition coefficient (Wildman–Crippen LogP) is 3.74. The van der Waals surface area contributed by atoms with Gasteiger partial charge in [0.1, 0.15) is 11.4 Å². The Morgan fingerprint density at radius 1 is 0.964 bits per heavy atom. The average molecular weight is 372 g/mol. The van der Waals surface area contributed by atoms with E-state index in [4.69, 9.17) is 14.8 Å². The van der Waals surface area contributed by atoms with Gasteiger partial charge in [0.2, 0.25) is 0 Å². The molecule has 0 saturated carbocycles. The Hall–Kier alpha value is -3.93. The lowest BCUT2D eigenvalue weighted by Gasteiger charge is -2.12. The number of carboxylic acids is 1. The number of aromatic carboxylic acids is 1. The zero-order chi connectivity index (χ0) is 19.7. The standard InChI is InChI=1S/C22H16N2O4/c1-28-17-11-12-18-23-20(15-5-3-2-4-6-15)19(21(25)24(18)13-17)14-7-9-16(10-8-14)22(26)27/h2-13H,1H3,(H,26,27). The summed E-state index contributed by atoms with van der Waals surface area (Å²) >= 11 is 0.